The molecule has 1 aromatic carbocycles. The summed E-state index contributed by atoms with van der Waals surface area (Å²) in [5, 5.41) is 2.84. The molecule has 4 rings (SSSR count). The van der Waals surface area contributed by atoms with E-state index in [4.69, 9.17) is 4.74 Å². The molecule has 7 nitrogen and oxygen atoms in total. The third-order valence-corrected chi connectivity index (χ3v) is 4.92. The lowest BCUT2D eigenvalue weighted by molar-refractivity contribution is -0.148. The summed E-state index contributed by atoms with van der Waals surface area (Å²) in [5.41, 5.74) is 1.67. The first kappa shape index (κ1) is 16.1. The van der Waals surface area contributed by atoms with Crippen molar-refractivity contribution < 1.29 is 14.3 Å². The highest BCUT2D eigenvalue weighted by Crippen LogP contribution is 2.23. The fourth-order valence-corrected chi connectivity index (χ4v) is 3.64. The molecule has 0 spiro atoms. The van der Waals surface area contributed by atoms with Crippen LogP contribution in [0, 0.1) is 0 Å². The number of benzene rings is 1. The van der Waals surface area contributed by atoms with E-state index in [9.17, 15) is 9.59 Å². The molecule has 0 saturated carbocycles. The average Bonchev–Trinajstić information content (AvgIpc) is 3.30. The number of aromatic amines is 1. The highest BCUT2D eigenvalue weighted by molar-refractivity contribution is 5.97. The lowest BCUT2D eigenvalue weighted by Crippen LogP contribution is -2.53. The largest absolute Gasteiger partial charge is 0.368 e. The Morgan fingerprint density at radius 2 is 2.08 bits per heavy atom. The van der Waals surface area contributed by atoms with Gasteiger partial charge in [0.25, 0.3) is 5.91 Å². The van der Waals surface area contributed by atoms with Crippen molar-refractivity contribution in [1.82, 2.24) is 14.9 Å². The van der Waals surface area contributed by atoms with Crippen LogP contribution in [0.15, 0.2) is 24.3 Å². The zero-order chi connectivity index (χ0) is 17.2. The number of piperidine rings is 1. The van der Waals surface area contributed by atoms with Gasteiger partial charge in [0.1, 0.15) is 12.1 Å². The van der Waals surface area contributed by atoms with Crippen LogP contribution in [0.5, 0.6) is 0 Å². The monoisotopic (exact) mass is 342 g/mol. The molecule has 0 bridgehead atoms. The van der Waals surface area contributed by atoms with Gasteiger partial charge in [0.15, 0.2) is 0 Å². The minimum atomic E-state index is -0.460. The summed E-state index contributed by atoms with van der Waals surface area (Å²) in [6.45, 7) is 1.23. The molecule has 2 aromatic rings. The highest BCUT2D eigenvalue weighted by Gasteiger charge is 2.37. The minimum Gasteiger partial charge on any atom is -0.368 e. The van der Waals surface area contributed by atoms with Crippen molar-refractivity contribution in [1.29, 1.82) is 0 Å². The summed E-state index contributed by atoms with van der Waals surface area (Å²) in [4.78, 5) is 34.6. The number of imidazole rings is 1. The number of H-pyrrole nitrogens is 1. The molecule has 3 heterocycles. The number of ether oxygens (including phenoxy) is 1. The number of fused-ring (bicyclic) bond motifs is 1. The van der Waals surface area contributed by atoms with Crippen molar-refractivity contribution in [3.63, 3.8) is 0 Å². The van der Waals surface area contributed by atoms with Gasteiger partial charge in [0.05, 0.1) is 11.0 Å². The van der Waals surface area contributed by atoms with Gasteiger partial charge in [-0.3, -0.25) is 14.9 Å². The molecule has 7 heteroatoms. The van der Waals surface area contributed by atoms with E-state index in [0.717, 1.165) is 36.7 Å². The first-order chi connectivity index (χ1) is 12.2. The third-order valence-electron chi connectivity index (χ3n) is 4.92. The van der Waals surface area contributed by atoms with E-state index in [1.165, 1.54) is 0 Å². The number of para-hydroxylation sites is 2. The second-order valence-corrected chi connectivity index (χ2v) is 6.64. The van der Waals surface area contributed by atoms with Gasteiger partial charge >= 0.3 is 0 Å². The summed E-state index contributed by atoms with van der Waals surface area (Å²) in [7, 11) is 0. The summed E-state index contributed by atoms with van der Waals surface area (Å²) in [5.74, 6) is 0.174. The van der Waals surface area contributed by atoms with Crippen molar-refractivity contribution in [3.8, 4) is 0 Å². The summed E-state index contributed by atoms with van der Waals surface area (Å²) < 4.78 is 5.51. The van der Waals surface area contributed by atoms with Crippen LogP contribution in [0.1, 0.15) is 32.1 Å². The summed E-state index contributed by atoms with van der Waals surface area (Å²) >= 11 is 0. The molecule has 2 fully saturated rings. The molecular weight excluding hydrogens is 320 g/mol. The van der Waals surface area contributed by atoms with Crippen molar-refractivity contribution >= 4 is 28.8 Å². The van der Waals surface area contributed by atoms with Crippen LogP contribution < -0.4 is 5.32 Å². The van der Waals surface area contributed by atoms with Crippen LogP contribution in [0.4, 0.5) is 5.95 Å². The smallest absolute Gasteiger partial charge is 0.252 e. The molecular formula is C18H22N4O3. The van der Waals surface area contributed by atoms with Gasteiger partial charge in [0.2, 0.25) is 11.9 Å². The van der Waals surface area contributed by atoms with E-state index in [2.05, 4.69) is 15.3 Å². The Bertz CT molecular complexity index is 748. The number of rotatable bonds is 3. The first-order valence-electron chi connectivity index (χ1n) is 8.90. The number of carbonyl (C=O) groups excluding carboxylic acids is 2. The molecule has 2 saturated heterocycles. The topological polar surface area (TPSA) is 87.3 Å². The number of hydrogen-bond donors (Lipinski definition) is 2. The number of amides is 2. The van der Waals surface area contributed by atoms with Gasteiger partial charge in [-0.1, -0.05) is 12.1 Å². The van der Waals surface area contributed by atoms with Gasteiger partial charge < -0.3 is 14.6 Å². The standard InChI is InChI=1S/C18H22N4O3/c23-16(21-18-19-12-6-1-2-7-13(12)20-18)14-8-3-4-10-22(14)17(24)15-9-5-11-25-15/h1-2,6-7,14-15H,3-5,8-11H2,(H2,19,20,21,23)/t14-,15-/m1/s1. The number of nitrogens with one attached hydrogen (secondary N) is 2. The Kier molecular flexibility index (Phi) is 4.40. The number of carbonyl (C=O) groups is 2. The zero-order valence-electron chi connectivity index (χ0n) is 14.0. The molecule has 2 aliphatic rings. The maximum atomic E-state index is 12.8. The predicted octanol–water partition coefficient (Wildman–Crippen LogP) is 2.06. The highest BCUT2D eigenvalue weighted by atomic mass is 16.5. The Balaban J connectivity index is 1.49. The first-order valence-corrected chi connectivity index (χ1v) is 8.90. The Morgan fingerprint density at radius 1 is 1.20 bits per heavy atom. The van der Waals surface area contributed by atoms with Gasteiger partial charge in [-0.05, 0) is 44.2 Å². The molecule has 0 radical (unpaired) electrons. The maximum absolute atomic E-state index is 12.8. The molecule has 0 aliphatic carbocycles. The van der Waals surface area contributed by atoms with Crippen molar-refractivity contribution in [2.45, 2.75) is 44.2 Å². The Hall–Kier alpha value is -2.41. The molecule has 1 aromatic heterocycles. The normalized spacial score (nSPS) is 23.8. The molecule has 2 atom stereocenters. The molecule has 0 unspecified atom stereocenters. The van der Waals surface area contributed by atoms with E-state index in [1.807, 2.05) is 24.3 Å². The van der Waals surface area contributed by atoms with Crippen molar-refractivity contribution in [2.24, 2.45) is 0 Å². The average molecular weight is 342 g/mol. The predicted molar refractivity (Wildman–Crippen MR) is 93.0 cm³/mol. The van der Waals surface area contributed by atoms with Crippen LogP contribution in [-0.2, 0) is 14.3 Å². The fourth-order valence-electron chi connectivity index (χ4n) is 3.64. The van der Waals surface area contributed by atoms with Gasteiger partial charge in [0, 0.05) is 13.2 Å². The molecule has 2 aliphatic heterocycles. The lowest BCUT2D eigenvalue weighted by atomic mass is 10.00. The van der Waals surface area contributed by atoms with Crippen molar-refractivity contribution in [2.75, 3.05) is 18.5 Å². The minimum absolute atomic E-state index is 0.0537. The number of anilines is 1. The van der Waals surface area contributed by atoms with Gasteiger partial charge in [-0.25, -0.2) is 4.98 Å². The van der Waals surface area contributed by atoms with E-state index in [0.29, 0.717) is 25.5 Å². The van der Waals surface area contributed by atoms with Crippen molar-refractivity contribution in [3.05, 3.63) is 24.3 Å². The van der Waals surface area contributed by atoms with E-state index < -0.39 is 6.04 Å². The molecule has 25 heavy (non-hydrogen) atoms. The zero-order valence-corrected chi connectivity index (χ0v) is 14.0. The Labute approximate surface area is 145 Å². The number of aromatic nitrogens is 2. The second kappa shape index (κ2) is 6.84. The number of likely N-dealkylation sites (tertiary alicyclic amines) is 1. The summed E-state index contributed by atoms with van der Waals surface area (Å²) in [6.07, 6.45) is 3.79. The van der Waals surface area contributed by atoms with Crippen LogP contribution in [0.3, 0.4) is 0 Å². The van der Waals surface area contributed by atoms with E-state index in [1.54, 1.807) is 4.90 Å². The SMILES string of the molecule is O=C(Nc1nc2ccccc2[nH]1)[C@H]1CCCCN1C(=O)[C@H]1CCCO1. The van der Waals surface area contributed by atoms with Crippen LogP contribution in [0.2, 0.25) is 0 Å². The second-order valence-electron chi connectivity index (χ2n) is 6.64. The fraction of sp³-hybridized carbons (Fsp3) is 0.500. The van der Waals surface area contributed by atoms with E-state index in [-0.39, 0.29) is 17.9 Å². The summed E-state index contributed by atoms with van der Waals surface area (Å²) in [6, 6.07) is 7.15. The van der Waals surface area contributed by atoms with Gasteiger partial charge in [-0.15, -0.1) is 0 Å². The van der Waals surface area contributed by atoms with Crippen LogP contribution >= 0.6 is 0 Å². The molecule has 2 amide bonds. The van der Waals surface area contributed by atoms with Crippen LogP contribution in [-0.4, -0.2) is 52.0 Å². The maximum Gasteiger partial charge on any atom is 0.252 e. The van der Waals surface area contributed by atoms with E-state index >= 15 is 0 Å². The third kappa shape index (κ3) is 3.24. The molecule has 2 N–H and O–H groups in total. The Morgan fingerprint density at radius 3 is 2.88 bits per heavy atom. The van der Waals surface area contributed by atoms with Crippen LogP contribution in [0.25, 0.3) is 11.0 Å². The number of nitrogens with zero attached hydrogens (tertiary/aromatic N) is 2. The van der Waals surface area contributed by atoms with Gasteiger partial charge in [-0.2, -0.15) is 0 Å². The quantitative estimate of drug-likeness (QED) is 0.894. The number of hydrogen-bond acceptors (Lipinski definition) is 4. The molecule has 132 valence electrons. The lowest BCUT2D eigenvalue weighted by Gasteiger charge is -2.35.